The van der Waals surface area contributed by atoms with E-state index in [0.717, 1.165) is 22.2 Å². The van der Waals surface area contributed by atoms with Gasteiger partial charge in [0.05, 0.1) is 10.6 Å². The van der Waals surface area contributed by atoms with Gasteiger partial charge >= 0.3 is 0 Å². The van der Waals surface area contributed by atoms with Crippen molar-refractivity contribution >= 4 is 51.6 Å². The van der Waals surface area contributed by atoms with Crippen molar-refractivity contribution in [1.29, 1.82) is 0 Å². The summed E-state index contributed by atoms with van der Waals surface area (Å²) in [5.74, 6) is -1.01. The maximum atomic E-state index is 12.5. The molecule has 4 rings (SSSR count). The van der Waals surface area contributed by atoms with Crippen molar-refractivity contribution in [2.24, 2.45) is 0 Å². The van der Waals surface area contributed by atoms with Gasteiger partial charge in [-0.15, -0.1) is 0 Å². The fourth-order valence-corrected chi connectivity index (χ4v) is 3.42. The molecule has 0 aliphatic carbocycles. The average Bonchev–Trinajstić information content (AvgIpc) is 3.24. The number of hydrogen-bond donors (Lipinski definition) is 1. The van der Waals surface area contributed by atoms with Gasteiger partial charge in [-0.25, -0.2) is 4.63 Å². The van der Waals surface area contributed by atoms with E-state index in [-0.39, 0.29) is 4.91 Å². The summed E-state index contributed by atoms with van der Waals surface area (Å²) in [6.07, 6.45) is 1.63. The smallest absolute Gasteiger partial charge is 0.294 e. The molecule has 2 heterocycles. The first-order valence-electron chi connectivity index (χ1n) is 7.93. The van der Waals surface area contributed by atoms with E-state index in [1.807, 2.05) is 30.3 Å². The molecule has 1 aliphatic heterocycles. The average molecular weight is 380 g/mol. The molecule has 134 valence electrons. The predicted octanol–water partition coefficient (Wildman–Crippen LogP) is 2.90. The van der Waals surface area contributed by atoms with Crippen LogP contribution in [0, 0.1) is 0 Å². The van der Waals surface area contributed by atoms with Crippen LogP contribution in [0.2, 0.25) is 0 Å². The number of rotatable bonds is 4. The summed E-state index contributed by atoms with van der Waals surface area (Å²) >= 11 is 0.810. The Morgan fingerprint density at radius 2 is 1.93 bits per heavy atom. The number of nitrogens with zero attached hydrogens (tertiary/aromatic N) is 3. The molecule has 1 aromatic heterocycles. The number of nitrogens with one attached hydrogen (secondary N) is 1. The minimum atomic E-state index is -0.520. The zero-order valence-electron chi connectivity index (χ0n) is 13.8. The first kappa shape index (κ1) is 17.0. The molecule has 0 saturated carbocycles. The Hall–Kier alpha value is -3.46. The maximum absolute atomic E-state index is 12.5. The first-order chi connectivity index (χ1) is 13.1. The molecule has 1 N–H and O–H groups in total. The van der Waals surface area contributed by atoms with E-state index in [0.29, 0.717) is 16.7 Å². The Labute approximate surface area is 157 Å². The van der Waals surface area contributed by atoms with Gasteiger partial charge in [0.1, 0.15) is 12.1 Å². The highest BCUT2D eigenvalue weighted by molar-refractivity contribution is 8.18. The van der Waals surface area contributed by atoms with Crippen molar-refractivity contribution in [3.63, 3.8) is 0 Å². The number of carbonyl (C=O) groups is 3. The SMILES string of the molecule is O=C(CN1C(=O)S/C(=C/c2ccccc2)C1=O)Nc1cccc2nonc12. The molecule has 3 amide bonds. The zero-order valence-corrected chi connectivity index (χ0v) is 14.6. The van der Waals surface area contributed by atoms with Crippen LogP contribution in [0.5, 0.6) is 0 Å². The molecular formula is C18H12N4O4S. The van der Waals surface area contributed by atoms with Crippen LogP contribution in [0.4, 0.5) is 10.5 Å². The van der Waals surface area contributed by atoms with Gasteiger partial charge in [0.2, 0.25) is 5.91 Å². The number of anilines is 1. The monoisotopic (exact) mass is 380 g/mol. The lowest BCUT2D eigenvalue weighted by Crippen LogP contribution is -2.36. The second-order valence-electron chi connectivity index (χ2n) is 5.66. The molecule has 1 saturated heterocycles. The molecule has 2 aromatic carbocycles. The second-order valence-corrected chi connectivity index (χ2v) is 6.66. The van der Waals surface area contributed by atoms with E-state index in [2.05, 4.69) is 20.3 Å². The van der Waals surface area contributed by atoms with Crippen LogP contribution < -0.4 is 5.32 Å². The molecule has 0 unspecified atom stereocenters. The third-order valence-corrected chi connectivity index (χ3v) is 4.74. The minimum absolute atomic E-state index is 0.279. The van der Waals surface area contributed by atoms with Crippen LogP contribution >= 0.6 is 11.8 Å². The third kappa shape index (κ3) is 3.44. The van der Waals surface area contributed by atoms with Crippen LogP contribution in [0.15, 0.2) is 58.1 Å². The van der Waals surface area contributed by atoms with Crippen LogP contribution in [0.1, 0.15) is 5.56 Å². The number of benzene rings is 2. The number of aromatic nitrogens is 2. The van der Waals surface area contributed by atoms with Crippen molar-refractivity contribution in [3.05, 3.63) is 59.0 Å². The van der Waals surface area contributed by atoms with Crippen molar-refractivity contribution in [2.45, 2.75) is 0 Å². The van der Waals surface area contributed by atoms with Crippen molar-refractivity contribution < 1.29 is 19.0 Å². The van der Waals surface area contributed by atoms with Crippen LogP contribution in [-0.2, 0) is 9.59 Å². The van der Waals surface area contributed by atoms with Gasteiger partial charge in [-0.3, -0.25) is 19.3 Å². The molecule has 0 bridgehead atoms. The zero-order chi connectivity index (χ0) is 18.8. The van der Waals surface area contributed by atoms with Gasteiger partial charge < -0.3 is 5.32 Å². The van der Waals surface area contributed by atoms with Crippen LogP contribution in [0.3, 0.4) is 0 Å². The number of carbonyl (C=O) groups excluding carboxylic acids is 3. The minimum Gasteiger partial charge on any atom is -0.322 e. The lowest BCUT2D eigenvalue weighted by molar-refractivity contribution is -0.127. The first-order valence-corrected chi connectivity index (χ1v) is 8.75. The van der Waals surface area contributed by atoms with Crippen LogP contribution in [0.25, 0.3) is 17.1 Å². The number of amides is 3. The Bertz CT molecular complexity index is 1080. The summed E-state index contributed by atoms with van der Waals surface area (Å²) < 4.78 is 4.64. The number of thioether (sulfide) groups is 1. The van der Waals surface area contributed by atoms with Gasteiger partial charge in [0.25, 0.3) is 11.1 Å². The molecule has 0 spiro atoms. The van der Waals surface area contributed by atoms with Gasteiger partial charge in [0.15, 0.2) is 5.52 Å². The quantitative estimate of drug-likeness (QED) is 0.694. The van der Waals surface area contributed by atoms with Crippen LogP contribution in [-0.4, -0.2) is 38.8 Å². The highest BCUT2D eigenvalue weighted by Gasteiger charge is 2.36. The van der Waals surface area contributed by atoms with E-state index in [1.165, 1.54) is 0 Å². The Kier molecular flexibility index (Phi) is 4.43. The van der Waals surface area contributed by atoms with Crippen molar-refractivity contribution in [2.75, 3.05) is 11.9 Å². The van der Waals surface area contributed by atoms with Gasteiger partial charge in [-0.05, 0) is 45.8 Å². The molecule has 8 nitrogen and oxygen atoms in total. The van der Waals surface area contributed by atoms with E-state index in [4.69, 9.17) is 0 Å². The van der Waals surface area contributed by atoms with Gasteiger partial charge in [-0.1, -0.05) is 36.4 Å². The molecule has 3 aromatic rings. The Balaban J connectivity index is 1.48. The maximum Gasteiger partial charge on any atom is 0.294 e. The lowest BCUT2D eigenvalue weighted by Gasteiger charge is -2.12. The molecule has 27 heavy (non-hydrogen) atoms. The number of imide groups is 1. The molecular weight excluding hydrogens is 368 g/mol. The Morgan fingerprint density at radius 3 is 2.74 bits per heavy atom. The highest BCUT2D eigenvalue weighted by atomic mass is 32.2. The predicted molar refractivity (Wildman–Crippen MR) is 99.6 cm³/mol. The van der Waals surface area contributed by atoms with E-state index in [9.17, 15) is 14.4 Å². The number of hydrogen-bond acceptors (Lipinski definition) is 7. The lowest BCUT2D eigenvalue weighted by atomic mass is 10.2. The molecule has 9 heteroatoms. The standard InChI is InChI=1S/C18H12N4O4S/c23-15(19-12-7-4-8-13-16(12)21-26-20-13)10-22-17(24)14(27-18(22)25)9-11-5-2-1-3-6-11/h1-9H,10H2,(H,19,23)/b14-9+. The summed E-state index contributed by atoms with van der Waals surface area (Å²) in [4.78, 5) is 38.1. The Morgan fingerprint density at radius 1 is 1.11 bits per heavy atom. The summed E-state index contributed by atoms with van der Waals surface area (Å²) in [6.45, 7) is -0.390. The summed E-state index contributed by atoms with van der Waals surface area (Å²) in [5.41, 5.74) is 2.08. The molecule has 0 radical (unpaired) electrons. The summed E-state index contributed by atoms with van der Waals surface area (Å²) in [7, 11) is 0. The summed E-state index contributed by atoms with van der Waals surface area (Å²) in [5, 5.41) is 9.57. The normalized spacial score (nSPS) is 15.7. The van der Waals surface area contributed by atoms with Gasteiger partial charge in [-0.2, -0.15) is 0 Å². The van der Waals surface area contributed by atoms with Crippen molar-refractivity contribution in [1.82, 2.24) is 15.2 Å². The summed E-state index contributed by atoms with van der Waals surface area (Å²) in [6, 6.07) is 14.2. The molecule has 1 fully saturated rings. The second kappa shape index (κ2) is 7.04. The fraction of sp³-hybridized carbons (Fsp3) is 0.0556. The third-order valence-electron chi connectivity index (χ3n) is 3.83. The van der Waals surface area contributed by atoms with E-state index < -0.39 is 23.6 Å². The topological polar surface area (TPSA) is 105 Å². The van der Waals surface area contributed by atoms with E-state index >= 15 is 0 Å². The molecule has 0 atom stereocenters. The molecule has 1 aliphatic rings. The number of fused-ring (bicyclic) bond motifs is 1. The van der Waals surface area contributed by atoms with Crippen molar-refractivity contribution in [3.8, 4) is 0 Å². The van der Waals surface area contributed by atoms with Gasteiger partial charge in [0, 0.05) is 0 Å². The van der Waals surface area contributed by atoms with E-state index in [1.54, 1.807) is 24.3 Å². The fourth-order valence-electron chi connectivity index (χ4n) is 2.58. The largest absolute Gasteiger partial charge is 0.322 e. The highest BCUT2D eigenvalue weighted by Crippen LogP contribution is 2.32.